The average molecular weight is 569 g/mol. The second-order valence-corrected chi connectivity index (χ2v) is 11.2. The van der Waals surface area contributed by atoms with Crippen molar-refractivity contribution >= 4 is 29.5 Å². The lowest BCUT2D eigenvalue weighted by Gasteiger charge is -2.38. The van der Waals surface area contributed by atoms with Gasteiger partial charge in [0.05, 0.1) is 7.11 Å². The summed E-state index contributed by atoms with van der Waals surface area (Å²) in [5, 5.41) is 5.54. The van der Waals surface area contributed by atoms with Crippen LogP contribution in [-0.2, 0) is 19.1 Å². The number of carbonyl (C=O) groups excluding carboxylic acids is 4. The predicted octanol–water partition coefficient (Wildman–Crippen LogP) is 4.78. The number of primary amides is 1. The molecule has 0 heterocycles. The molecule has 4 N–H and O–H groups in total. The van der Waals surface area contributed by atoms with Crippen LogP contribution in [0.2, 0.25) is 0 Å². The first-order valence-corrected chi connectivity index (χ1v) is 13.8. The SMILES string of the molecule is CCC(C)N(C(=O)C(CCC(N)=O)NC(=O)OC(C)(C)C)C(C(=O)Nc1ccc(OC)cc1)c1cc(C)cc(C)c1. The number of nitrogens with two attached hydrogens (primary N) is 1. The maximum absolute atomic E-state index is 14.3. The molecule has 4 amide bonds. The Kier molecular flexibility index (Phi) is 11.7. The molecule has 0 saturated carbocycles. The molecule has 2 aromatic rings. The molecular weight excluding hydrogens is 524 g/mol. The maximum Gasteiger partial charge on any atom is 0.408 e. The van der Waals surface area contributed by atoms with E-state index < -0.39 is 47.5 Å². The van der Waals surface area contributed by atoms with E-state index in [9.17, 15) is 19.2 Å². The van der Waals surface area contributed by atoms with Crippen molar-refractivity contribution in [3.8, 4) is 5.75 Å². The van der Waals surface area contributed by atoms with Gasteiger partial charge in [0.15, 0.2) is 0 Å². The Balaban J connectivity index is 2.60. The zero-order valence-electron chi connectivity index (χ0n) is 25.4. The number of hydrogen-bond acceptors (Lipinski definition) is 6. The summed E-state index contributed by atoms with van der Waals surface area (Å²) in [6, 6.07) is 9.98. The Morgan fingerprint density at radius 3 is 2.07 bits per heavy atom. The Morgan fingerprint density at radius 1 is 1.00 bits per heavy atom. The molecule has 0 aliphatic carbocycles. The van der Waals surface area contributed by atoms with Crippen molar-refractivity contribution in [2.24, 2.45) is 5.73 Å². The van der Waals surface area contributed by atoms with Gasteiger partial charge in [0.2, 0.25) is 11.8 Å². The summed E-state index contributed by atoms with van der Waals surface area (Å²) in [7, 11) is 1.55. The highest BCUT2D eigenvalue weighted by molar-refractivity contribution is 5.99. The number of nitrogens with one attached hydrogen (secondary N) is 2. The second kappa shape index (κ2) is 14.5. The third kappa shape index (κ3) is 10.1. The van der Waals surface area contributed by atoms with Gasteiger partial charge in [-0.3, -0.25) is 14.4 Å². The van der Waals surface area contributed by atoms with E-state index in [1.165, 1.54) is 4.90 Å². The van der Waals surface area contributed by atoms with E-state index in [0.29, 0.717) is 23.4 Å². The number of ether oxygens (including phenoxy) is 2. The van der Waals surface area contributed by atoms with Crippen LogP contribution < -0.4 is 21.1 Å². The monoisotopic (exact) mass is 568 g/mol. The first kappa shape index (κ1) is 33.1. The van der Waals surface area contributed by atoms with Crippen LogP contribution in [0.25, 0.3) is 0 Å². The van der Waals surface area contributed by atoms with Gasteiger partial charge in [0.25, 0.3) is 5.91 Å². The number of rotatable bonds is 12. The summed E-state index contributed by atoms with van der Waals surface area (Å²) in [5.41, 5.74) is 7.58. The lowest BCUT2D eigenvalue weighted by molar-refractivity contribution is -0.143. The number of carbonyl (C=O) groups is 4. The third-order valence-electron chi connectivity index (χ3n) is 6.43. The molecule has 0 radical (unpaired) electrons. The minimum atomic E-state index is -1.16. The number of methoxy groups -OCH3 is 1. The maximum atomic E-state index is 14.3. The summed E-state index contributed by atoms with van der Waals surface area (Å²) >= 11 is 0. The molecule has 0 fully saturated rings. The topological polar surface area (TPSA) is 140 Å². The number of alkyl carbamates (subject to hydrolysis) is 1. The van der Waals surface area contributed by atoms with Crippen LogP contribution in [0.15, 0.2) is 42.5 Å². The van der Waals surface area contributed by atoms with Crippen LogP contribution in [-0.4, -0.2) is 53.5 Å². The zero-order chi connectivity index (χ0) is 30.9. The number of anilines is 1. The molecule has 0 aromatic heterocycles. The molecule has 0 aliphatic rings. The lowest BCUT2D eigenvalue weighted by atomic mass is 9.96. The average Bonchev–Trinajstić information content (AvgIpc) is 2.87. The summed E-state index contributed by atoms with van der Waals surface area (Å²) in [5.74, 6) is -0.942. The van der Waals surface area contributed by atoms with E-state index in [-0.39, 0.29) is 12.8 Å². The van der Waals surface area contributed by atoms with E-state index >= 15 is 0 Å². The molecule has 0 saturated heterocycles. The Labute approximate surface area is 242 Å². The Morgan fingerprint density at radius 2 is 1.59 bits per heavy atom. The van der Waals surface area contributed by atoms with Crippen LogP contribution in [0.1, 0.15) is 76.6 Å². The van der Waals surface area contributed by atoms with Crippen molar-refractivity contribution in [1.29, 1.82) is 0 Å². The minimum Gasteiger partial charge on any atom is -0.497 e. The number of benzene rings is 2. The van der Waals surface area contributed by atoms with Gasteiger partial charge in [-0.25, -0.2) is 4.79 Å². The molecule has 0 spiro atoms. The van der Waals surface area contributed by atoms with Crippen molar-refractivity contribution in [3.63, 3.8) is 0 Å². The zero-order valence-corrected chi connectivity index (χ0v) is 25.4. The first-order valence-electron chi connectivity index (χ1n) is 13.8. The van der Waals surface area contributed by atoms with Crippen LogP contribution in [0.4, 0.5) is 10.5 Å². The van der Waals surface area contributed by atoms with E-state index in [1.807, 2.05) is 45.9 Å². The van der Waals surface area contributed by atoms with Gasteiger partial charge in [-0.2, -0.15) is 0 Å². The number of amides is 4. The highest BCUT2D eigenvalue weighted by atomic mass is 16.6. The van der Waals surface area contributed by atoms with Crippen LogP contribution in [0, 0.1) is 13.8 Å². The molecule has 2 aromatic carbocycles. The summed E-state index contributed by atoms with van der Waals surface area (Å²) in [6.07, 6.45) is -0.486. The first-order chi connectivity index (χ1) is 19.1. The minimum absolute atomic E-state index is 0.0555. The van der Waals surface area contributed by atoms with Crippen molar-refractivity contribution in [2.75, 3.05) is 12.4 Å². The highest BCUT2D eigenvalue weighted by Gasteiger charge is 2.38. The smallest absolute Gasteiger partial charge is 0.408 e. The molecule has 224 valence electrons. The van der Waals surface area contributed by atoms with E-state index in [2.05, 4.69) is 10.6 Å². The Hall–Kier alpha value is -4.08. The normalized spacial score (nSPS) is 13.4. The molecule has 3 unspecified atom stereocenters. The Bertz CT molecular complexity index is 1200. The molecule has 0 aliphatic heterocycles. The summed E-state index contributed by atoms with van der Waals surface area (Å²) in [6.45, 7) is 12.7. The molecule has 10 nitrogen and oxygen atoms in total. The van der Waals surface area contributed by atoms with Crippen molar-refractivity contribution in [1.82, 2.24) is 10.2 Å². The molecule has 10 heteroatoms. The van der Waals surface area contributed by atoms with E-state index in [0.717, 1.165) is 11.1 Å². The van der Waals surface area contributed by atoms with E-state index in [1.54, 1.807) is 52.1 Å². The summed E-state index contributed by atoms with van der Waals surface area (Å²) < 4.78 is 10.6. The molecule has 2 rings (SSSR count). The van der Waals surface area contributed by atoms with Gasteiger partial charge in [-0.15, -0.1) is 0 Å². The predicted molar refractivity (Wildman–Crippen MR) is 158 cm³/mol. The number of hydrogen-bond donors (Lipinski definition) is 3. The standard InChI is InChI=1S/C31H44N4O6/c1-9-21(4)35(29(38)25(14-15-26(32)36)34-30(39)41-31(5,6)7)27(22-17-19(2)16-20(3)18-22)28(37)33-23-10-12-24(40-8)13-11-23/h10-13,16-18,21,25,27H,9,14-15H2,1-8H3,(H2,32,36)(H,33,37)(H,34,39). The highest BCUT2D eigenvalue weighted by Crippen LogP contribution is 2.30. The quantitative estimate of drug-likeness (QED) is 0.337. The molecule has 3 atom stereocenters. The van der Waals surface area contributed by atoms with Gasteiger partial charge >= 0.3 is 6.09 Å². The molecule has 0 bridgehead atoms. The number of aryl methyl sites for hydroxylation is 2. The lowest BCUT2D eigenvalue weighted by Crippen LogP contribution is -2.55. The molecular formula is C31H44N4O6. The van der Waals surface area contributed by atoms with Gasteiger partial charge in [0.1, 0.15) is 23.4 Å². The van der Waals surface area contributed by atoms with Gasteiger partial charge in [-0.05, 0) is 84.2 Å². The van der Waals surface area contributed by atoms with Crippen molar-refractivity contribution in [3.05, 3.63) is 59.2 Å². The summed E-state index contributed by atoms with van der Waals surface area (Å²) in [4.78, 5) is 54.2. The van der Waals surface area contributed by atoms with Gasteiger partial charge in [-0.1, -0.05) is 36.2 Å². The van der Waals surface area contributed by atoms with Crippen molar-refractivity contribution < 1.29 is 28.7 Å². The number of nitrogens with zero attached hydrogens (tertiary/aromatic N) is 1. The van der Waals surface area contributed by atoms with E-state index in [4.69, 9.17) is 15.2 Å². The van der Waals surface area contributed by atoms with Crippen molar-refractivity contribution in [2.45, 2.75) is 91.5 Å². The van der Waals surface area contributed by atoms with Crippen LogP contribution in [0.3, 0.4) is 0 Å². The largest absolute Gasteiger partial charge is 0.497 e. The fourth-order valence-electron chi connectivity index (χ4n) is 4.46. The third-order valence-corrected chi connectivity index (χ3v) is 6.43. The van der Waals surface area contributed by atoms with Gasteiger partial charge in [0, 0.05) is 18.2 Å². The fourth-order valence-corrected chi connectivity index (χ4v) is 4.46. The second-order valence-electron chi connectivity index (χ2n) is 11.2. The van der Waals surface area contributed by atoms with Crippen LogP contribution in [0.5, 0.6) is 5.75 Å². The molecule has 41 heavy (non-hydrogen) atoms. The van der Waals surface area contributed by atoms with Gasteiger partial charge < -0.3 is 30.7 Å². The van der Waals surface area contributed by atoms with Crippen LogP contribution >= 0.6 is 0 Å². The fraction of sp³-hybridized carbons (Fsp3) is 0.484.